The minimum Gasteiger partial charge on any atom is -0.457 e. The number of hydrogen-bond donors (Lipinski definition) is 1. The van der Waals surface area contributed by atoms with E-state index >= 15 is 0 Å². The second-order valence-electron chi connectivity index (χ2n) is 6.95. The molecule has 8 heteroatoms. The first kappa shape index (κ1) is 20.7. The molecule has 1 fully saturated rings. The van der Waals surface area contributed by atoms with Crippen molar-refractivity contribution in [3.8, 4) is 0 Å². The fraction of sp³-hybridized carbons (Fsp3) is 0.286. The SMILES string of the molecule is O=C(C[C@@H]1CCS(=O)(=O)C1)OCC(=O)c1ccc(NC(=O)c2ccccc2)cc1. The molecule has 2 aromatic carbocycles. The van der Waals surface area contributed by atoms with E-state index < -0.39 is 22.4 Å². The number of benzene rings is 2. The number of ether oxygens (including phenoxy) is 1. The lowest BCUT2D eigenvalue weighted by atomic mass is 10.1. The molecular weight excluding hydrogens is 394 g/mol. The highest BCUT2D eigenvalue weighted by atomic mass is 32.2. The van der Waals surface area contributed by atoms with Gasteiger partial charge in [0.05, 0.1) is 11.5 Å². The number of anilines is 1. The number of Topliss-reactive ketones (excluding diaryl/α,β-unsaturated/α-hetero) is 1. The second-order valence-corrected chi connectivity index (χ2v) is 9.18. The van der Waals surface area contributed by atoms with Gasteiger partial charge in [0.15, 0.2) is 22.2 Å². The van der Waals surface area contributed by atoms with E-state index in [9.17, 15) is 22.8 Å². The largest absolute Gasteiger partial charge is 0.457 e. The lowest BCUT2D eigenvalue weighted by Crippen LogP contribution is -2.17. The summed E-state index contributed by atoms with van der Waals surface area (Å²) in [6.45, 7) is -0.409. The molecular formula is C21H21NO6S. The predicted octanol–water partition coefficient (Wildman–Crippen LogP) is 2.49. The van der Waals surface area contributed by atoms with Crippen molar-refractivity contribution in [3.05, 3.63) is 65.7 Å². The Morgan fingerprint density at radius 1 is 0.966 bits per heavy atom. The molecule has 0 unspecified atom stereocenters. The Morgan fingerprint density at radius 2 is 1.66 bits per heavy atom. The fourth-order valence-corrected chi connectivity index (χ4v) is 4.95. The van der Waals surface area contributed by atoms with Gasteiger partial charge in [0.1, 0.15) is 0 Å². The first-order chi connectivity index (χ1) is 13.8. The van der Waals surface area contributed by atoms with Gasteiger partial charge >= 0.3 is 5.97 Å². The van der Waals surface area contributed by atoms with E-state index in [-0.39, 0.29) is 35.5 Å². The normalized spacial score (nSPS) is 17.4. The molecule has 29 heavy (non-hydrogen) atoms. The van der Waals surface area contributed by atoms with Gasteiger partial charge in [-0.2, -0.15) is 0 Å². The van der Waals surface area contributed by atoms with Crippen LogP contribution in [0.15, 0.2) is 54.6 Å². The number of carbonyl (C=O) groups is 3. The van der Waals surface area contributed by atoms with Crippen LogP contribution in [-0.4, -0.2) is 44.2 Å². The Labute approximate surface area is 169 Å². The minimum atomic E-state index is -3.05. The molecule has 1 aliphatic rings. The van der Waals surface area contributed by atoms with Crippen LogP contribution < -0.4 is 5.32 Å². The number of esters is 1. The standard InChI is InChI=1S/C21H21NO6S/c23-19(13-28-20(24)12-15-10-11-29(26,27)14-15)16-6-8-18(9-7-16)22-21(25)17-4-2-1-3-5-17/h1-9,15H,10-14H2,(H,22,25)/t15-/m0/s1. The van der Waals surface area contributed by atoms with Crippen molar-refractivity contribution in [3.63, 3.8) is 0 Å². The molecule has 0 aliphatic carbocycles. The van der Waals surface area contributed by atoms with E-state index in [1.54, 1.807) is 48.5 Å². The van der Waals surface area contributed by atoms with Crippen molar-refractivity contribution < 1.29 is 27.5 Å². The zero-order valence-electron chi connectivity index (χ0n) is 15.7. The quantitative estimate of drug-likeness (QED) is 0.550. The maximum atomic E-state index is 12.2. The van der Waals surface area contributed by atoms with Crippen molar-refractivity contribution >= 4 is 33.2 Å². The van der Waals surface area contributed by atoms with Crippen LogP contribution in [0.25, 0.3) is 0 Å². The Morgan fingerprint density at radius 3 is 2.28 bits per heavy atom. The molecule has 1 N–H and O–H groups in total. The minimum absolute atomic E-state index is 0.00301. The molecule has 1 saturated heterocycles. The highest BCUT2D eigenvalue weighted by Gasteiger charge is 2.30. The summed E-state index contributed by atoms with van der Waals surface area (Å²) in [5.74, 6) is -1.36. The van der Waals surface area contributed by atoms with E-state index in [2.05, 4.69) is 5.32 Å². The van der Waals surface area contributed by atoms with Crippen molar-refractivity contribution in [2.75, 3.05) is 23.4 Å². The summed E-state index contributed by atoms with van der Waals surface area (Å²) in [5.41, 5.74) is 1.41. The molecule has 3 rings (SSSR count). The third kappa shape index (κ3) is 5.99. The maximum Gasteiger partial charge on any atom is 0.306 e. The fourth-order valence-electron chi connectivity index (χ4n) is 3.09. The molecule has 0 spiro atoms. The Hall–Kier alpha value is -3.00. The maximum absolute atomic E-state index is 12.2. The smallest absolute Gasteiger partial charge is 0.306 e. The second kappa shape index (κ2) is 9.00. The van der Waals surface area contributed by atoms with E-state index in [0.29, 0.717) is 23.2 Å². The summed E-state index contributed by atoms with van der Waals surface area (Å²) in [7, 11) is -3.05. The number of nitrogens with one attached hydrogen (secondary N) is 1. The summed E-state index contributed by atoms with van der Waals surface area (Å²) in [6.07, 6.45) is 0.443. The van der Waals surface area contributed by atoms with Crippen LogP contribution in [0.3, 0.4) is 0 Å². The summed E-state index contributed by atoms with van der Waals surface area (Å²) < 4.78 is 27.8. The highest BCUT2D eigenvalue weighted by molar-refractivity contribution is 7.91. The Balaban J connectivity index is 1.47. The van der Waals surface area contributed by atoms with Gasteiger partial charge in [0.2, 0.25) is 0 Å². The summed E-state index contributed by atoms with van der Waals surface area (Å²) in [4.78, 5) is 36.1. The molecule has 1 amide bonds. The number of sulfone groups is 1. The number of rotatable bonds is 7. The van der Waals surface area contributed by atoms with Crippen LogP contribution in [0.4, 0.5) is 5.69 Å². The van der Waals surface area contributed by atoms with Crippen LogP contribution in [-0.2, 0) is 19.4 Å². The molecule has 152 valence electrons. The van der Waals surface area contributed by atoms with Gasteiger partial charge in [-0.3, -0.25) is 14.4 Å². The number of hydrogen-bond acceptors (Lipinski definition) is 6. The average molecular weight is 415 g/mol. The predicted molar refractivity (Wildman–Crippen MR) is 108 cm³/mol. The van der Waals surface area contributed by atoms with E-state index in [1.165, 1.54) is 0 Å². The molecule has 0 bridgehead atoms. The van der Waals surface area contributed by atoms with Gasteiger partial charge in [0, 0.05) is 23.2 Å². The van der Waals surface area contributed by atoms with Gasteiger partial charge < -0.3 is 10.1 Å². The van der Waals surface area contributed by atoms with Gasteiger partial charge in [-0.05, 0) is 48.7 Å². The first-order valence-corrected chi connectivity index (χ1v) is 11.0. The van der Waals surface area contributed by atoms with Crippen molar-refractivity contribution in [2.45, 2.75) is 12.8 Å². The van der Waals surface area contributed by atoms with Crippen molar-refractivity contribution in [1.82, 2.24) is 0 Å². The Kier molecular flexibility index (Phi) is 6.43. The summed E-state index contributed by atoms with van der Waals surface area (Å²) in [5, 5.41) is 2.74. The van der Waals surface area contributed by atoms with Crippen LogP contribution >= 0.6 is 0 Å². The van der Waals surface area contributed by atoms with Crippen molar-refractivity contribution in [1.29, 1.82) is 0 Å². The van der Waals surface area contributed by atoms with Crippen LogP contribution in [0.2, 0.25) is 0 Å². The lowest BCUT2D eigenvalue weighted by molar-refractivity contribution is -0.143. The van der Waals surface area contributed by atoms with Crippen LogP contribution in [0.5, 0.6) is 0 Å². The topological polar surface area (TPSA) is 107 Å². The zero-order valence-corrected chi connectivity index (χ0v) is 16.5. The molecule has 1 aliphatic heterocycles. The molecule has 7 nitrogen and oxygen atoms in total. The zero-order chi connectivity index (χ0) is 20.9. The molecule has 0 aromatic heterocycles. The molecule has 0 radical (unpaired) electrons. The van der Waals surface area contributed by atoms with E-state index in [4.69, 9.17) is 4.74 Å². The van der Waals surface area contributed by atoms with Gasteiger partial charge in [-0.25, -0.2) is 8.42 Å². The average Bonchev–Trinajstić information content (AvgIpc) is 3.05. The lowest BCUT2D eigenvalue weighted by Gasteiger charge is -2.09. The number of ketones is 1. The monoisotopic (exact) mass is 415 g/mol. The molecule has 1 atom stereocenters. The number of amides is 1. The Bertz CT molecular complexity index is 999. The van der Waals surface area contributed by atoms with Crippen LogP contribution in [0.1, 0.15) is 33.6 Å². The summed E-state index contributed by atoms with van der Waals surface area (Å²) >= 11 is 0. The van der Waals surface area contributed by atoms with E-state index in [1.807, 2.05) is 6.07 Å². The highest BCUT2D eigenvalue weighted by Crippen LogP contribution is 2.22. The van der Waals surface area contributed by atoms with E-state index in [0.717, 1.165) is 0 Å². The molecule has 0 saturated carbocycles. The number of carbonyl (C=O) groups excluding carboxylic acids is 3. The first-order valence-electron chi connectivity index (χ1n) is 9.18. The van der Waals surface area contributed by atoms with Gasteiger partial charge in [-0.15, -0.1) is 0 Å². The van der Waals surface area contributed by atoms with Crippen molar-refractivity contribution in [2.24, 2.45) is 5.92 Å². The van der Waals surface area contributed by atoms with Gasteiger partial charge in [-0.1, -0.05) is 18.2 Å². The third-order valence-electron chi connectivity index (χ3n) is 4.65. The third-order valence-corrected chi connectivity index (χ3v) is 6.48. The van der Waals surface area contributed by atoms with Gasteiger partial charge in [0.25, 0.3) is 5.91 Å². The molecule has 2 aromatic rings. The summed E-state index contributed by atoms with van der Waals surface area (Å²) in [6, 6.07) is 15.0. The van der Waals surface area contributed by atoms with Crippen LogP contribution in [0, 0.1) is 5.92 Å². The molecule has 1 heterocycles.